The van der Waals surface area contributed by atoms with Gasteiger partial charge in [-0.25, -0.2) is 4.39 Å². The highest BCUT2D eigenvalue weighted by Gasteiger charge is 2.67. The van der Waals surface area contributed by atoms with Gasteiger partial charge in [0.05, 0.1) is 59.5 Å². The van der Waals surface area contributed by atoms with Gasteiger partial charge in [0.15, 0.2) is 0 Å². The molecule has 6 aliphatic rings. The summed E-state index contributed by atoms with van der Waals surface area (Å²) in [7, 11) is 0. The quantitative estimate of drug-likeness (QED) is 0.0290. The summed E-state index contributed by atoms with van der Waals surface area (Å²) in [5, 5.41) is 162. The van der Waals surface area contributed by atoms with E-state index in [1.807, 2.05) is 136 Å². The van der Waals surface area contributed by atoms with Gasteiger partial charge in [-0.05, 0) is 192 Å². The predicted octanol–water partition coefficient (Wildman–Crippen LogP) is 7.78. The van der Waals surface area contributed by atoms with E-state index >= 15 is 0 Å². The molecule has 6 fully saturated rings. The normalized spacial score (nSPS) is 29.4. The molecule has 0 spiro atoms. The van der Waals surface area contributed by atoms with Crippen LogP contribution in [0.15, 0.2) is 182 Å². The molecule has 25 nitrogen and oxygen atoms in total. The van der Waals surface area contributed by atoms with E-state index in [9.17, 15) is 86.1 Å². The molecule has 6 aliphatic heterocycles. The summed E-state index contributed by atoms with van der Waals surface area (Å²) in [4.78, 5) is 2.19. The highest BCUT2D eigenvalue weighted by atomic mass is 35.5. The van der Waals surface area contributed by atoms with E-state index in [4.69, 9.17) is 77.4 Å². The number of ether oxygens (including phenoxy) is 9. The van der Waals surface area contributed by atoms with Crippen LogP contribution in [0.1, 0.15) is 110 Å². The highest BCUT2D eigenvalue weighted by molar-refractivity contribution is 7.15. The second-order valence-electron chi connectivity index (χ2n) is 30.5. The molecule has 2 bridgehead atoms. The van der Waals surface area contributed by atoms with Crippen LogP contribution in [0.25, 0.3) is 10.4 Å². The summed E-state index contributed by atoms with van der Waals surface area (Å²) in [6, 6.07) is 54.9. The summed E-state index contributed by atoms with van der Waals surface area (Å²) >= 11 is 20.8. The van der Waals surface area contributed by atoms with Crippen LogP contribution in [-0.2, 0) is 59.9 Å². The highest BCUT2D eigenvalue weighted by Crippen LogP contribution is 2.50. The van der Waals surface area contributed by atoms with Crippen molar-refractivity contribution in [3.05, 3.63) is 275 Å². The largest absolute Gasteiger partial charge is 0.494 e. The summed E-state index contributed by atoms with van der Waals surface area (Å²) in [6.07, 6.45) is -19.1. The van der Waals surface area contributed by atoms with Crippen LogP contribution in [0, 0.1) is 12.7 Å². The average molecular weight is 1740 g/mol. The third kappa shape index (κ3) is 21.2. The Morgan fingerprint density at radius 1 is 0.450 bits per heavy atom. The van der Waals surface area contributed by atoms with Crippen molar-refractivity contribution in [2.45, 2.75) is 180 Å². The van der Waals surface area contributed by atoms with Crippen molar-refractivity contribution in [2.24, 2.45) is 0 Å². The van der Waals surface area contributed by atoms with Gasteiger partial charge in [-0.15, -0.1) is 11.3 Å². The van der Waals surface area contributed by atoms with E-state index in [-0.39, 0.29) is 18.5 Å². The molecule has 30 heteroatoms. The zero-order valence-corrected chi connectivity index (χ0v) is 69.0. The smallest absolute Gasteiger partial charge is 0.225 e. The standard InChI is InChI=1S/C24H25FO5S.C23H27ClO7.C22H25ClO7.C21H25ClO6/c1-13-2-3-15(24-23(29)22(28)21(27)19(12-26)30-24)10-16(13)11-18-8-9-20(31-18)14-4-6-17(25)7-5-14;24-18-6-3-14(23-22(28)21(27)20(26)19(11-25)31-23)10-15(18)9-13-1-4-16(5-2-13)30-17-7-8-29-12-17;1-2-28-16-6-3-13(4-7-16)9-14-10-15(5-8-17(14)23)22-20(27)18(25)19(26)21(11-24,30-22)12-29-22;1-2-27-15-6-3-12(4-7-15)9-14-10-13(5-8-16(14)22)21-20(26)19(25)18(24)17(11-23)28-21/h2-10,19,21-24,26-29H,11-12H2,1H3;1-6,10,17,19-23,25-28H,7-9,11-12H2;3-8,10,18-20,24-27H,2,9,11-12H2,1H3;3-8,10,17-21,23-26H,2,9,11H2,1H3/t19-,21-,22+,23-,24+;17-,19-,20-,21+,22-,23+;18-,19-,20+,21-,22-;17-,18-,19+,20-,21+/m1101/s1. The van der Waals surface area contributed by atoms with Gasteiger partial charge < -0.3 is 124 Å². The maximum absolute atomic E-state index is 13.2. The minimum Gasteiger partial charge on any atom is -0.494 e. The van der Waals surface area contributed by atoms with E-state index in [0.717, 1.165) is 90.1 Å². The Morgan fingerprint density at radius 2 is 0.883 bits per heavy atom. The van der Waals surface area contributed by atoms with E-state index < -0.39 is 148 Å². The van der Waals surface area contributed by atoms with Crippen LogP contribution >= 0.6 is 46.1 Å². The minimum absolute atomic E-state index is 0.0931. The lowest BCUT2D eigenvalue weighted by atomic mass is 9.83. The Labute approximate surface area is 712 Å². The minimum atomic E-state index is -1.71. The van der Waals surface area contributed by atoms with Gasteiger partial charge in [-0.1, -0.05) is 132 Å². The number of fused-ring (bicyclic) bond motifs is 2. The summed E-state index contributed by atoms with van der Waals surface area (Å²) in [5.41, 5.74) is 9.43. The predicted molar refractivity (Wildman–Crippen MR) is 443 cm³/mol. The van der Waals surface area contributed by atoms with Gasteiger partial charge in [0.25, 0.3) is 0 Å². The number of benzene rings is 8. The van der Waals surface area contributed by atoms with Crippen molar-refractivity contribution in [3.63, 3.8) is 0 Å². The van der Waals surface area contributed by atoms with Crippen molar-refractivity contribution in [3.8, 4) is 27.7 Å². The van der Waals surface area contributed by atoms with Crippen LogP contribution in [0.4, 0.5) is 4.39 Å². The summed E-state index contributed by atoms with van der Waals surface area (Å²) in [6.45, 7) is 6.26. The van der Waals surface area contributed by atoms with Gasteiger partial charge in [0, 0.05) is 43.2 Å². The number of aliphatic hydroxyl groups excluding tert-OH is 16. The molecule has 0 unspecified atom stereocenters. The first-order valence-electron chi connectivity index (χ1n) is 39.6. The molecule has 0 aliphatic carbocycles. The van der Waals surface area contributed by atoms with Gasteiger partial charge in [0.1, 0.15) is 145 Å². The maximum Gasteiger partial charge on any atom is 0.225 e. The van der Waals surface area contributed by atoms with E-state index in [1.165, 1.54) is 12.1 Å². The lowest BCUT2D eigenvalue weighted by Gasteiger charge is -2.46. The molecule has 120 heavy (non-hydrogen) atoms. The Kier molecular flexibility index (Phi) is 31.8. The molecular weight excluding hydrogens is 1640 g/mol. The SMILES string of the molecule is CCOc1ccc(Cc2cc([C@@H]3O[C@H](CO)[C@@H](O)[C@H](O)[C@H]3O)ccc2Cl)cc1.CCOc1ccc(Cc2cc([C@]34OC[C@](CO)(O3)[C@@H](O)[C@H](O)[C@H]4O)ccc2Cl)cc1.Cc1ccc([C@@H]2O[C@H](CO)[C@@H](O)[C@H](O)[C@H]2O)cc1Cc1ccc(-c2ccc(F)cc2)s1.OC[C@H]1O[C@@H](c2ccc(Cl)c(Cc3ccc(O[C@@H]4CCOC4)cc3)c2)[C@H](O)[C@@H](O)[C@@H]1O. The molecule has 0 saturated carbocycles. The molecule has 16 N–H and O–H groups in total. The van der Waals surface area contributed by atoms with Gasteiger partial charge in [-0.2, -0.15) is 0 Å². The maximum atomic E-state index is 13.2. The Bertz CT molecular complexity index is 4770. The van der Waals surface area contributed by atoms with Crippen molar-refractivity contribution in [1.29, 1.82) is 0 Å². The molecule has 0 amide bonds. The van der Waals surface area contributed by atoms with Crippen LogP contribution in [0.2, 0.25) is 15.1 Å². The molecule has 8 aromatic carbocycles. The molecular formula is C90H102Cl3FO25S. The Hall–Kier alpha value is -7.22. The van der Waals surface area contributed by atoms with Gasteiger partial charge in [-0.3, -0.25) is 0 Å². The molecule has 646 valence electrons. The van der Waals surface area contributed by atoms with Gasteiger partial charge >= 0.3 is 0 Å². The fraction of sp³-hybridized carbons (Fsp3) is 0.422. The molecule has 15 rings (SSSR count). The number of rotatable bonds is 23. The van der Waals surface area contributed by atoms with Crippen molar-refractivity contribution in [1.82, 2.24) is 0 Å². The van der Waals surface area contributed by atoms with E-state index in [1.54, 1.807) is 65.9 Å². The second kappa shape index (κ2) is 41.5. The zero-order chi connectivity index (χ0) is 85.9. The Balaban J connectivity index is 0.000000147. The summed E-state index contributed by atoms with van der Waals surface area (Å²) < 4.78 is 64.0. The van der Waals surface area contributed by atoms with Gasteiger partial charge in [0.2, 0.25) is 5.79 Å². The van der Waals surface area contributed by atoms with Crippen molar-refractivity contribution >= 4 is 46.1 Å². The lowest BCUT2D eigenvalue weighted by Crippen LogP contribution is -2.65. The van der Waals surface area contributed by atoms with Crippen molar-refractivity contribution in [2.75, 3.05) is 59.5 Å². The zero-order valence-electron chi connectivity index (χ0n) is 65.9. The lowest BCUT2D eigenvalue weighted by molar-refractivity contribution is -0.329. The van der Waals surface area contributed by atoms with Crippen LogP contribution < -0.4 is 14.2 Å². The first-order chi connectivity index (χ1) is 57.6. The van der Waals surface area contributed by atoms with Crippen LogP contribution in [0.3, 0.4) is 0 Å². The fourth-order valence-electron chi connectivity index (χ4n) is 15.3. The Morgan fingerprint density at radius 3 is 1.32 bits per heavy atom. The van der Waals surface area contributed by atoms with Crippen LogP contribution in [-0.4, -0.2) is 244 Å². The average Bonchev–Trinajstić information content (AvgIpc) is 1.55. The third-order valence-corrected chi connectivity index (χ3v) is 24.5. The molecule has 9 aromatic rings. The molecule has 7 heterocycles. The third-order valence-electron chi connectivity index (χ3n) is 22.3. The number of thiophene rings is 1. The topological polar surface area (TPSA) is 407 Å². The number of aryl methyl sites for hydroxylation is 1. The second-order valence-corrected chi connectivity index (χ2v) is 32.9. The van der Waals surface area contributed by atoms with Crippen molar-refractivity contribution < 1.29 is 129 Å². The first-order valence-corrected chi connectivity index (χ1v) is 41.5. The number of halogens is 4. The first kappa shape index (κ1) is 92.0. The fourth-order valence-corrected chi connectivity index (χ4v) is 16.9. The van der Waals surface area contributed by atoms with E-state index in [2.05, 4.69) is 0 Å². The van der Waals surface area contributed by atoms with E-state index in [0.29, 0.717) is 82.8 Å². The summed E-state index contributed by atoms with van der Waals surface area (Å²) in [5.74, 6) is 0.402. The molecule has 21 atom stereocenters. The number of hydrogen-bond acceptors (Lipinski definition) is 26. The molecule has 1 aromatic heterocycles. The molecule has 6 saturated heterocycles. The van der Waals surface area contributed by atoms with Crippen LogP contribution in [0.5, 0.6) is 17.2 Å². The molecule has 0 radical (unpaired) electrons. The number of aliphatic hydroxyl groups is 16. The number of hydrogen-bond donors (Lipinski definition) is 16. The monoisotopic (exact) mass is 1740 g/mol.